The highest BCUT2D eigenvalue weighted by Gasteiger charge is 2.14. The lowest BCUT2D eigenvalue weighted by molar-refractivity contribution is 0.0950. The lowest BCUT2D eigenvalue weighted by Gasteiger charge is -2.08. The van der Waals surface area contributed by atoms with Crippen LogP contribution in [0.1, 0.15) is 32.7 Å². The summed E-state index contributed by atoms with van der Waals surface area (Å²) in [6.07, 6.45) is 0.0974. The molecule has 0 fully saturated rings. The number of ketones is 1. The Morgan fingerprint density at radius 3 is 1.96 bits per heavy atom. The van der Waals surface area contributed by atoms with Gasteiger partial charge >= 0.3 is 0 Å². The molecule has 0 saturated heterocycles. The lowest BCUT2D eigenvalue weighted by atomic mass is 10.0. The van der Waals surface area contributed by atoms with Crippen LogP contribution in [0.4, 0.5) is 0 Å². The Bertz CT molecular complexity index is 970. The Balaban J connectivity index is 1.84. The first-order valence-electron chi connectivity index (χ1n) is 8.40. The fourth-order valence-corrected chi connectivity index (χ4v) is 3.17. The summed E-state index contributed by atoms with van der Waals surface area (Å²) < 4.78 is 0.837. The molecule has 1 amide bonds. The fraction of sp³-hybridized carbons (Fsp3) is 0.0455. The molecule has 0 heterocycles. The van der Waals surface area contributed by atoms with Gasteiger partial charge in [-0.15, -0.1) is 0 Å². The second kappa shape index (κ2) is 9.23. The van der Waals surface area contributed by atoms with Crippen LogP contribution in [-0.2, 0) is 0 Å². The first-order valence-corrected chi connectivity index (χ1v) is 9.48. The number of hydrazone groups is 1. The van der Waals surface area contributed by atoms with Gasteiger partial charge in [-0.3, -0.25) is 9.59 Å². The Labute approximate surface area is 171 Å². The maximum absolute atomic E-state index is 12.6. The quantitative estimate of drug-likeness (QED) is 0.247. The van der Waals surface area contributed by atoms with E-state index in [0.29, 0.717) is 16.8 Å². The molecule has 0 atom stereocenters. The van der Waals surface area contributed by atoms with Crippen LogP contribution in [-0.4, -0.2) is 17.4 Å². The van der Waals surface area contributed by atoms with Gasteiger partial charge in [0.2, 0.25) is 0 Å². The van der Waals surface area contributed by atoms with Crippen molar-refractivity contribution in [1.29, 1.82) is 0 Å². The Hall–Kier alpha value is -2.80. The van der Waals surface area contributed by atoms with Crippen molar-refractivity contribution < 1.29 is 9.59 Å². The van der Waals surface area contributed by atoms with Crippen molar-refractivity contribution in [2.24, 2.45) is 5.10 Å². The lowest BCUT2D eigenvalue weighted by Crippen LogP contribution is -2.22. The van der Waals surface area contributed by atoms with Crippen LogP contribution in [0, 0.1) is 3.57 Å². The van der Waals surface area contributed by atoms with Crippen molar-refractivity contribution >= 4 is 40.0 Å². The van der Waals surface area contributed by atoms with Crippen LogP contribution in [0.15, 0.2) is 90.0 Å². The molecule has 3 rings (SSSR count). The van der Waals surface area contributed by atoms with Crippen LogP contribution in [0.3, 0.4) is 0 Å². The number of amides is 1. The number of Topliss-reactive ketones (excluding diaryl/α,β-unsaturated/α-hetero) is 1. The van der Waals surface area contributed by atoms with Gasteiger partial charge in [0.05, 0.1) is 17.7 Å². The molecule has 0 saturated carbocycles. The molecule has 0 aromatic heterocycles. The number of carbonyl (C=O) groups is 2. The van der Waals surface area contributed by atoms with E-state index in [4.69, 9.17) is 0 Å². The van der Waals surface area contributed by atoms with Gasteiger partial charge < -0.3 is 0 Å². The molecule has 0 unspecified atom stereocenters. The van der Waals surface area contributed by atoms with Gasteiger partial charge in [-0.2, -0.15) is 5.10 Å². The zero-order valence-corrected chi connectivity index (χ0v) is 16.6. The summed E-state index contributed by atoms with van der Waals surface area (Å²) in [5, 5.41) is 4.27. The molecule has 3 aromatic carbocycles. The molecule has 27 heavy (non-hydrogen) atoms. The van der Waals surface area contributed by atoms with Crippen LogP contribution < -0.4 is 5.43 Å². The van der Waals surface area contributed by atoms with E-state index in [9.17, 15) is 9.59 Å². The molecule has 0 aliphatic rings. The Morgan fingerprint density at radius 2 is 1.33 bits per heavy atom. The topological polar surface area (TPSA) is 58.5 Å². The highest BCUT2D eigenvalue weighted by Crippen LogP contribution is 2.12. The normalized spacial score (nSPS) is 11.1. The summed E-state index contributed by atoms with van der Waals surface area (Å²) in [7, 11) is 0. The summed E-state index contributed by atoms with van der Waals surface area (Å²) >= 11 is 2.11. The fourth-order valence-electron chi connectivity index (χ4n) is 2.54. The van der Waals surface area contributed by atoms with E-state index in [0.717, 1.165) is 9.13 Å². The standard InChI is InChI=1S/C22H17IN2O2/c23-19-14-8-7-13-18(19)22(27)25-24-20(16-9-3-1-4-10-16)15-21(26)17-11-5-2-6-12-17/h1-14H,15H2,(H,25,27)/b24-20-. The van der Waals surface area contributed by atoms with Crippen LogP contribution in [0.2, 0.25) is 0 Å². The zero-order valence-electron chi connectivity index (χ0n) is 14.4. The van der Waals surface area contributed by atoms with Crippen molar-refractivity contribution in [3.63, 3.8) is 0 Å². The molecule has 3 aromatic rings. The third kappa shape index (κ3) is 5.10. The molecular formula is C22H17IN2O2. The smallest absolute Gasteiger partial charge is 0.272 e. The minimum atomic E-state index is -0.305. The minimum absolute atomic E-state index is 0.0539. The Kier molecular flexibility index (Phi) is 6.49. The van der Waals surface area contributed by atoms with Crippen molar-refractivity contribution in [3.8, 4) is 0 Å². The molecule has 0 aliphatic carbocycles. The predicted molar refractivity (Wildman–Crippen MR) is 115 cm³/mol. The van der Waals surface area contributed by atoms with E-state index in [1.807, 2.05) is 60.7 Å². The predicted octanol–water partition coefficient (Wildman–Crippen LogP) is 4.70. The van der Waals surface area contributed by atoms with E-state index in [1.165, 1.54) is 0 Å². The SMILES string of the molecule is O=C(C/C(=N/NC(=O)c1ccccc1I)c1ccccc1)c1ccccc1. The molecular weight excluding hydrogens is 451 g/mol. The van der Waals surface area contributed by atoms with Crippen LogP contribution in [0.25, 0.3) is 0 Å². The van der Waals surface area contributed by atoms with Crippen molar-refractivity contribution in [1.82, 2.24) is 5.43 Å². The second-order valence-corrected chi connectivity index (χ2v) is 6.97. The number of rotatable bonds is 6. The number of carbonyl (C=O) groups excluding carboxylic acids is 2. The third-order valence-corrected chi connectivity index (χ3v) is 4.88. The number of hydrogen-bond acceptors (Lipinski definition) is 3. The van der Waals surface area contributed by atoms with Crippen LogP contribution >= 0.6 is 22.6 Å². The highest BCUT2D eigenvalue weighted by atomic mass is 127. The van der Waals surface area contributed by atoms with Crippen LogP contribution in [0.5, 0.6) is 0 Å². The average Bonchev–Trinajstić information content (AvgIpc) is 2.72. The van der Waals surface area contributed by atoms with E-state index in [1.54, 1.807) is 24.3 Å². The number of nitrogens with one attached hydrogen (secondary N) is 1. The molecule has 5 heteroatoms. The Morgan fingerprint density at radius 1 is 0.778 bits per heavy atom. The summed E-state index contributed by atoms with van der Waals surface area (Å²) in [5.41, 5.74) is 5.06. The molecule has 134 valence electrons. The number of halogens is 1. The summed E-state index contributed by atoms with van der Waals surface area (Å²) in [6.45, 7) is 0. The van der Waals surface area contributed by atoms with E-state index < -0.39 is 0 Å². The minimum Gasteiger partial charge on any atom is -0.294 e. The van der Waals surface area contributed by atoms with Gasteiger partial charge in [0.15, 0.2) is 5.78 Å². The first-order chi connectivity index (χ1) is 13.1. The molecule has 0 aliphatic heterocycles. The third-order valence-electron chi connectivity index (χ3n) is 3.94. The molecule has 1 N–H and O–H groups in total. The number of nitrogens with zero attached hydrogens (tertiary/aromatic N) is 1. The molecule has 0 spiro atoms. The van der Waals surface area contributed by atoms with E-state index >= 15 is 0 Å². The average molecular weight is 468 g/mol. The zero-order chi connectivity index (χ0) is 19.1. The summed E-state index contributed by atoms with van der Waals surface area (Å²) in [4.78, 5) is 25.1. The van der Waals surface area contributed by atoms with Gasteiger partial charge in [0.1, 0.15) is 0 Å². The van der Waals surface area contributed by atoms with Crippen molar-refractivity contribution in [3.05, 3.63) is 105 Å². The maximum atomic E-state index is 12.6. The van der Waals surface area contributed by atoms with Crippen molar-refractivity contribution in [2.75, 3.05) is 0 Å². The van der Waals surface area contributed by atoms with Gasteiger partial charge in [-0.1, -0.05) is 72.8 Å². The van der Waals surface area contributed by atoms with Gasteiger partial charge in [-0.25, -0.2) is 5.43 Å². The van der Waals surface area contributed by atoms with Gasteiger partial charge in [0, 0.05) is 9.13 Å². The number of benzene rings is 3. The maximum Gasteiger partial charge on any atom is 0.272 e. The summed E-state index contributed by atoms with van der Waals surface area (Å²) in [6, 6.07) is 25.7. The largest absolute Gasteiger partial charge is 0.294 e. The molecule has 0 radical (unpaired) electrons. The van der Waals surface area contributed by atoms with Gasteiger partial charge in [-0.05, 0) is 40.3 Å². The van der Waals surface area contributed by atoms with Gasteiger partial charge in [0.25, 0.3) is 5.91 Å². The summed E-state index contributed by atoms with van der Waals surface area (Å²) in [5.74, 6) is -0.359. The van der Waals surface area contributed by atoms with Crippen molar-refractivity contribution in [2.45, 2.75) is 6.42 Å². The van der Waals surface area contributed by atoms with E-state index in [-0.39, 0.29) is 18.1 Å². The van der Waals surface area contributed by atoms with E-state index in [2.05, 4.69) is 33.1 Å². The monoisotopic (exact) mass is 468 g/mol. The highest BCUT2D eigenvalue weighted by molar-refractivity contribution is 14.1. The molecule has 4 nitrogen and oxygen atoms in total. The second-order valence-electron chi connectivity index (χ2n) is 5.81. The number of hydrogen-bond donors (Lipinski definition) is 1. The molecule has 0 bridgehead atoms. The first kappa shape index (κ1) is 19.0.